The van der Waals surface area contributed by atoms with Gasteiger partial charge in [-0.3, -0.25) is 15.1 Å². The molecule has 38 heavy (non-hydrogen) atoms. The maximum atomic E-state index is 14.8. The molecule has 0 aliphatic rings. The Labute approximate surface area is 219 Å². The average molecular weight is 546 g/mol. The first-order valence-electron chi connectivity index (χ1n) is 10.9. The van der Waals surface area contributed by atoms with E-state index in [2.05, 4.69) is 15.6 Å². The fourth-order valence-electron chi connectivity index (χ4n) is 3.58. The molecule has 0 saturated heterocycles. The second-order valence-electron chi connectivity index (χ2n) is 7.73. The van der Waals surface area contributed by atoms with E-state index in [0.29, 0.717) is 28.2 Å². The van der Waals surface area contributed by atoms with Gasteiger partial charge in [0.15, 0.2) is 16.6 Å². The number of thiocarbonyl (C=S) groups is 1. The van der Waals surface area contributed by atoms with Gasteiger partial charge in [-0.05, 0) is 48.6 Å². The number of carbonyl (C=O) groups excluding carboxylic acids is 1. The number of aromatic nitrogens is 1. The molecule has 0 atom stereocenters. The van der Waals surface area contributed by atoms with Crippen LogP contribution in [0.3, 0.4) is 0 Å². The van der Waals surface area contributed by atoms with Gasteiger partial charge in [0.1, 0.15) is 17.3 Å². The second-order valence-corrected chi connectivity index (χ2v) is 8.14. The summed E-state index contributed by atoms with van der Waals surface area (Å²) in [4.78, 5) is 16.7. The van der Waals surface area contributed by atoms with Crippen molar-refractivity contribution >= 4 is 39.8 Å². The molecule has 0 bridgehead atoms. The quantitative estimate of drug-likeness (QED) is 0.217. The minimum absolute atomic E-state index is 0.127. The van der Waals surface area contributed by atoms with Crippen molar-refractivity contribution in [3.05, 3.63) is 83.8 Å². The maximum absolute atomic E-state index is 14.8. The number of pyridine rings is 1. The molecule has 2 N–H and O–H groups in total. The minimum Gasteiger partial charge on any atom is -0.493 e. The Bertz CT molecular complexity index is 1530. The molecule has 7 nitrogen and oxygen atoms in total. The van der Waals surface area contributed by atoms with E-state index in [1.807, 2.05) is 0 Å². The van der Waals surface area contributed by atoms with E-state index in [1.54, 1.807) is 18.2 Å². The molecule has 196 valence electrons. The predicted octanol–water partition coefficient (Wildman–Crippen LogP) is 6.33. The Hall–Kier alpha value is -4.45. The summed E-state index contributed by atoms with van der Waals surface area (Å²) in [5, 5.41) is 4.80. The third kappa shape index (κ3) is 5.75. The Kier molecular flexibility index (Phi) is 7.62. The molecule has 12 heteroatoms. The lowest BCUT2D eigenvalue weighted by Crippen LogP contribution is -2.35. The molecule has 0 aliphatic heterocycles. The van der Waals surface area contributed by atoms with Crippen LogP contribution < -0.4 is 24.8 Å². The summed E-state index contributed by atoms with van der Waals surface area (Å²) in [6, 6.07) is 13.0. The Morgan fingerprint density at radius 3 is 2.34 bits per heavy atom. The second kappa shape index (κ2) is 10.9. The highest BCUT2D eigenvalue weighted by atomic mass is 32.1. The summed E-state index contributed by atoms with van der Waals surface area (Å²) in [6.45, 7) is 0. The summed E-state index contributed by atoms with van der Waals surface area (Å²) in [5.41, 5.74) is -1.30. The number of carbonyl (C=O) groups is 1. The van der Waals surface area contributed by atoms with Crippen LogP contribution in [0, 0.1) is 5.82 Å². The van der Waals surface area contributed by atoms with Crippen molar-refractivity contribution in [2.45, 2.75) is 6.18 Å². The van der Waals surface area contributed by atoms with Crippen molar-refractivity contribution < 1.29 is 36.6 Å². The van der Waals surface area contributed by atoms with Crippen LogP contribution in [0.4, 0.5) is 23.2 Å². The number of hydrogen-bond donors (Lipinski definition) is 2. The average Bonchev–Trinajstić information content (AvgIpc) is 2.89. The van der Waals surface area contributed by atoms with Gasteiger partial charge in [0.05, 0.1) is 36.6 Å². The van der Waals surface area contributed by atoms with Crippen LogP contribution in [0.15, 0.2) is 66.9 Å². The zero-order chi connectivity index (χ0) is 27.4. The van der Waals surface area contributed by atoms with E-state index < -0.39 is 29.0 Å². The van der Waals surface area contributed by atoms with Gasteiger partial charge >= 0.3 is 6.18 Å². The lowest BCUT2D eigenvalue weighted by atomic mass is 10.1. The van der Waals surface area contributed by atoms with Crippen molar-refractivity contribution in [1.82, 2.24) is 10.3 Å². The highest BCUT2D eigenvalue weighted by Gasteiger charge is 2.35. The van der Waals surface area contributed by atoms with Crippen molar-refractivity contribution in [2.24, 2.45) is 0 Å². The number of amides is 1. The number of fused-ring (bicyclic) bond motifs is 1. The Morgan fingerprint density at radius 1 is 0.947 bits per heavy atom. The summed E-state index contributed by atoms with van der Waals surface area (Å²) < 4.78 is 70.9. The van der Waals surface area contributed by atoms with Crippen LogP contribution >= 0.6 is 12.2 Å². The van der Waals surface area contributed by atoms with Gasteiger partial charge in [0.25, 0.3) is 5.91 Å². The van der Waals surface area contributed by atoms with Crippen LogP contribution in [0.1, 0.15) is 15.9 Å². The van der Waals surface area contributed by atoms with Gasteiger partial charge in [-0.1, -0.05) is 12.1 Å². The van der Waals surface area contributed by atoms with Crippen LogP contribution in [0.2, 0.25) is 0 Å². The van der Waals surface area contributed by atoms with E-state index in [4.69, 9.17) is 26.4 Å². The van der Waals surface area contributed by atoms with Crippen LogP contribution in [-0.4, -0.2) is 30.2 Å². The molecule has 1 amide bonds. The van der Waals surface area contributed by atoms with Crippen molar-refractivity contribution in [3.8, 4) is 23.0 Å². The Morgan fingerprint density at radius 2 is 1.66 bits per heavy atom. The smallest absolute Gasteiger partial charge is 0.417 e. The summed E-state index contributed by atoms with van der Waals surface area (Å²) in [5.74, 6) is -0.417. The first-order valence-corrected chi connectivity index (χ1v) is 11.3. The first-order chi connectivity index (χ1) is 18.1. The topological polar surface area (TPSA) is 81.7 Å². The molecule has 0 aliphatic carbocycles. The predicted molar refractivity (Wildman–Crippen MR) is 136 cm³/mol. The minimum atomic E-state index is -4.73. The highest BCUT2D eigenvalue weighted by molar-refractivity contribution is 7.80. The first kappa shape index (κ1) is 26.6. The number of anilines is 1. The fourth-order valence-corrected chi connectivity index (χ4v) is 3.78. The number of ether oxygens (including phenoxy) is 3. The number of nitrogens with zero attached hydrogens (tertiary/aromatic N) is 1. The zero-order valence-electron chi connectivity index (χ0n) is 19.9. The zero-order valence-corrected chi connectivity index (χ0v) is 20.7. The summed E-state index contributed by atoms with van der Waals surface area (Å²) >= 11 is 4.99. The van der Waals surface area contributed by atoms with E-state index >= 15 is 0 Å². The largest absolute Gasteiger partial charge is 0.493 e. The van der Waals surface area contributed by atoms with Gasteiger partial charge in [0, 0.05) is 23.7 Å². The number of benzene rings is 3. The standard InChI is InChI=1S/C26H19F4N3O4S/c1-35-22-12-16-20(13-23(22)36-2)31-10-9-21(16)37-14-7-8-19(18(27)11-14)32-25(38)33-24(34)15-5-3-4-6-17(15)26(28,29)30/h3-13H,1-2H3,(H2,32,33,34,38). The van der Waals surface area contributed by atoms with Gasteiger partial charge in [-0.25, -0.2) is 4.39 Å². The third-order valence-electron chi connectivity index (χ3n) is 5.33. The lowest BCUT2D eigenvalue weighted by Gasteiger charge is -2.15. The van der Waals surface area contributed by atoms with Crippen molar-refractivity contribution in [1.29, 1.82) is 0 Å². The summed E-state index contributed by atoms with van der Waals surface area (Å²) in [7, 11) is 2.99. The summed E-state index contributed by atoms with van der Waals surface area (Å²) in [6.07, 6.45) is -3.21. The van der Waals surface area contributed by atoms with Crippen molar-refractivity contribution in [3.63, 3.8) is 0 Å². The van der Waals surface area contributed by atoms with Gasteiger partial charge in [-0.15, -0.1) is 0 Å². The van der Waals surface area contributed by atoms with Crippen LogP contribution in [-0.2, 0) is 6.18 Å². The third-order valence-corrected chi connectivity index (χ3v) is 5.53. The SMILES string of the molecule is COc1cc2nccc(Oc3ccc(NC(=S)NC(=O)c4ccccc4C(F)(F)F)c(F)c3)c2cc1OC. The monoisotopic (exact) mass is 545 g/mol. The van der Waals surface area contributed by atoms with E-state index in [-0.39, 0.29) is 16.5 Å². The number of hydrogen-bond acceptors (Lipinski definition) is 6. The number of methoxy groups -OCH3 is 2. The molecule has 1 aromatic heterocycles. The molecule has 0 spiro atoms. The number of halogens is 4. The van der Waals surface area contributed by atoms with Gasteiger partial charge in [0.2, 0.25) is 0 Å². The lowest BCUT2D eigenvalue weighted by molar-refractivity contribution is -0.137. The molecule has 0 unspecified atom stereocenters. The molecule has 0 radical (unpaired) electrons. The normalized spacial score (nSPS) is 11.1. The van der Waals surface area contributed by atoms with Crippen molar-refractivity contribution in [2.75, 3.05) is 19.5 Å². The molecule has 4 rings (SSSR count). The van der Waals surface area contributed by atoms with Gasteiger partial charge < -0.3 is 19.5 Å². The molecule has 1 heterocycles. The van der Waals surface area contributed by atoms with Gasteiger partial charge in [-0.2, -0.15) is 13.2 Å². The Balaban J connectivity index is 1.49. The van der Waals surface area contributed by atoms with E-state index in [1.165, 1.54) is 38.6 Å². The number of alkyl halides is 3. The number of rotatable bonds is 6. The molecular formula is C26H19F4N3O4S. The van der Waals surface area contributed by atoms with Crippen LogP contribution in [0.5, 0.6) is 23.0 Å². The molecule has 3 aromatic carbocycles. The maximum Gasteiger partial charge on any atom is 0.417 e. The molecular weight excluding hydrogens is 526 g/mol. The molecule has 0 fully saturated rings. The molecule has 4 aromatic rings. The van der Waals surface area contributed by atoms with E-state index in [0.717, 1.165) is 24.3 Å². The fraction of sp³-hybridized carbons (Fsp3) is 0.115. The van der Waals surface area contributed by atoms with E-state index in [9.17, 15) is 22.4 Å². The highest BCUT2D eigenvalue weighted by Crippen LogP contribution is 2.37. The molecule has 0 saturated carbocycles. The van der Waals surface area contributed by atoms with Crippen LogP contribution in [0.25, 0.3) is 10.9 Å². The number of nitrogens with one attached hydrogen (secondary N) is 2.